The van der Waals surface area contributed by atoms with E-state index in [4.69, 9.17) is 5.11 Å². The number of phenols is 1. The Balaban J connectivity index is 1.73. The predicted octanol–water partition coefficient (Wildman–Crippen LogP) is 2.03. The van der Waals surface area contributed by atoms with Gasteiger partial charge in [-0.3, -0.25) is 19.3 Å². The van der Waals surface area contributed by atoms with Crippen molar-refractivity contribution in [3.8, 4) is 5.75 Å². The highest BCUT2D eigenvalue weighted by molar-refractivity contribution is 8.16. The molecule has 29 heavy (non-hydrogen) atoms. The van der Waals surface area contributed by atoms with Crippen LogP contribution in [0.15, 0.2) is 58.7 Å². The number of hydrogen-bond donors (Lipinski definition) is 3. The second-order valence-electron chi connectivity index (χ2n) is 6.23. The van der Waals surface area contributed by atoms with Crippen molar-refractivity contribution in [2.75, 3.05) is 10.2 Å². The van der Waals surface area contributed by atoms with Gasteiger partial charge >= 0.3 is 5.97 Å². The van der Waals surface area contributed by atoms with Crippen LogP contribution < -0.4 is 10.2 Å². The summed E-state index contributed by atoms with van der Waals surface area (Å²) in [7, 11) is 0. The van der Waals surface area contributed by atoms with Crippen LogP contribution >= 0.6 is 11.8 Å². The lowest BCUT2D eigenvalue weighted by Crippen LogP contribution is -2.32. The Kier molecular flexibility index (Phi) is 4.77. The van der Waals surface area contributed by atoms with Crippen LogP contribution in [-0.2, 0) is 14.4 Å². The number of para-hydroxylation sites is 1. The van der Waals surface area contributed by atoms with Crippen LogP contribution in [0.2, 0.25) is 0 Å². The number of aliphatic carboxylic acids is 1. The van der Waals surface area contributed by atoms with E-state index >= 15 is 0 Å². The minimum Gasteiger partial charge on any atom is -0.508 e. The molecule has 2 aliphatic rings. The van der Waals surface area contributed by atoms with Gasteiger partial charge in [0.05, 0.1) is 17.8 Å². The Bertz CT molecular complexity index is 1080. The average molecular weight is 410 g/mol. The van der Waals surface area contributed by atoms with E-state index in [0.717, 1.165) is 11.8 Å². The van der Waals surface area contributed by atoms with Crippen LogP contribution in [0.3, 0.4) is 0 Å². The minimum atomic E-state index is -1.11. The number of amides is 2. The number of fused-ring (bicyclic) bond motifs is 1. The van der Waals surface area contributed by atoms with E-state index in [9.17, 15) is 19.5 Å². The van der Waals surface area contributed by atoms with E-state index in [-0.39, 0.29) is 23.0 Å². The zero-order chi connectivity index (χ0) is 20.5. The normalized spacial score (nSPS) is 21.0. The highest BCUT2D eigenvalue weighted by Gasteiger charge is 2.40. The Labute approximate surface area is 168 Å². The van der Waals surface area contributed by atoms with Crippen LogP contribution in [0.25, 0.3) is 0 Å². The first-order valence-electron chi connectivity index (χ1n) is 8.52. The summed E-state index contributed by atoms with van der Waals surface area (Å²) in [5.41, 5.74) is 1.72. The molecule has 0 unspecified atom stereocenters. The van der Waals surface area contributed by atoms with E-state index in [1.165, 1.54) is 29.2 Å². The Hall–Kier alpha value is -3.66. The maximum absolute atomic E-state index is 12.8. The first-order chi connectivity index (χ1) is 13.9. The largest absolute Gasteiger partial charge is 0.508 e. The fourth-order valence-electron chi connectivity index (χ4n) is 2.96. The molecule has 0 bridgehead atoms. The molecule has 0 saturated carbocycles. The van der Waals surface area contributed by atoms with Gasteiger partial charge in [0, 0.05) is 5.56 Å². The van der Waals surface area contributed by atoms with E-state index in [1.807, 2.05) is 0 Å². The summed E-state index contributed by atoms with van der Waals surface area (Å²) in [4.78, 5) is 37.3. The monoisotopic (exact) mass is 410 g/mol. The molecule has 0 spiro atoms. The third kappa shape index (κ3) is 3.57. The van der Waals surface area contributed by atoms with Crippen LogP contribution in [0.1, 0.15) is 12.0 Å². The second-order valence-corrected chi connectivity index (χ2v) is 7.40. The van der Waals surface area contributed by atoms with Crippen molar-refractivity contribution < 1.29 is 24.6 Å². The number of carbonyl (C=O) groups excluding carboxylic acids is 2. The smallest absolute Gasteiger partial charge is 0.305 e. The molecule has 1 saturated heterocycles. The quantitative estimate of drug-likeness (QED) is 0.661. The van der Waals surface area contributed by atoms with Gasteiger partial charge in [0.2, 0.25) is 5.91 Å². The number of amidine groups is 1. The zero-order valence-corrected chi connectivity index (χ0v) is 15.6. The Morgan fingerprint density at radius 3 is 2.55 bits per heavy atom. The third-order valence-corrected chi connectivity index (χ3v) is 5.41. The van der Waals surface area contributed by atoms with Crippen LogP contribution in [-0.4, -0.2) is 44.1 Å². The first-order valence-corrected chi connectivity index (χ1v) is 9.40. The molecule has 1 fully saturated rings. The van der Waals surface area contributed by atoms with Crippen molar-refractivity contribution in [2.24, 2.45) is 10.2 Å². The van der Waals surface area contributed by atoms with E-state index in [1.54, 1.807) is 24.3 Å². The summed E-state index contributed by atoms with van der Waals surface area (Å²) in [5, 5.41) is 28.7. The molecular formula is C19H14N4O5S. The molecule has 4 rings (SSSR count). The van der Waals surface area contributed by atoms with Crippen molar-refractivity contribution in [3.63, 3.8) is 0 Å². The van der Waals surface area contributed by atoms with Gasteiger partial charge in [-0.05, 0) is 30.3 Å². The number of aromatic hydroxyl groups is 1. The standard InChI is InChI=1S/C19H14N4O5S/c24-11-7-5-10(6-8-11)23-18(28)14(9-15(25)26)29-19(23)22-21-16-12-3-1-2-4-13(12)20-17(16)27/h1-8,14,24H,9H2,(H,25,26)(H,20,21,27)/b22-19-/t14-/m0/s1. The second kappa shape index (κ2) is 7.40. The number of carboxylic acid groups (broad SMARTS) is 1. The van der Waals surface area contributed by atoms with Crippen molar-refractivity contribution in [1.82, 2.24) is 0 Å². The molecule has 9 nitrogen and oxygen atoms in total. The number of benzene rings is 2. The average Bonchev–Trinajstić information content (AvgIpc) is 3.16. The molecule has 2 aliphatic heterocycles. The number of carbonyl (C=O) groups is 3. The molecule has 2 heterocycles. The summed E-state index contributed by atoms with van der Waals surface area (Å²) >= 11 is 0.964. The molecule has 2 amide bonds. The fourth-order valence-corrected chi connectivity index (χ4v) is 4.03. The topological polar surface area (TPSA) is 132 Å². The number of anilines is 2. The molecule has 3 N–H and O–H groups in total. The summed E-state index contributed by atoms with van der Waals surface area (Å²) in [6.45, 7) is 0. The lowest BCUT2D eigenvalue weighted by Gasteiger charge is -2.15. The molecule has 2 aromatic rings. The number of phenolic OH excluding ortho intramolecular Hbond substituents is 1. The van der Waals surface area contributed by atoms with Crippen molar-refractivity contribution in [1.29, 1.82) is 0 Å². The summed E-state index contributed by atoms with van der Waals surface area (Å²) in [5.74, 6) is -1.97. The number of hydrogen-bond acceptors (Lipinski definition) is 7. The van der Waals surface area contributed by atoms with Crippen molar-refractivity contribution >= 4 is 51.8 Å². The Morgan fingerprint density at radius 2 is 1.83 bits per heavy atom. The SMILES string of the molecule is O=C(O)C[C@@H]1S/C(=N\N=C2/C(=O)Nc3ccccc32)N(c2ccc(O)cc2)C1=O. The number of rotatable bonds is 4. The fraction of sp³-hybridized carbons (Fsp3) is 0.105. The molecule has 1 atom stereocenters. The minimum absolute atomic E-state index is 0.0214. The number of carboxylic acids is 1. The van der Waals surface area contributed by atoms with Crippen LogP contribution in [0.5, 0.6) is 5.75 Å². The maximum atomic E-state index is 12.8. The number of thioether (sulfide) groups is 1. The van der Waals surface area contributed by atoms with Crippen LogP contribution in [0.4, 0.5) is 11.4 Å². The van der Waals surface area contributed by atoms with Crippen LogP contribution in [0, 0.1) is 0 Å². The van der Waals surface area contributed by atoms with Gasteiger partial charge < -0.3 is 15.5 Å². The first kappa shape index (κ1) is 18.7. The van der Waals surface area contributed by atoms with Gasteiger partial charge in [0.15, 0.2) is 10.9 Å². The highest BCUT2D eigenvalue weighted by Crippen LogP contribution is 2.34. The maximum Gasteiger partial charge on any atom is 0.305 e. The van der Waals surface area contributed by atoms with Crippen molar-refractivity contribution in [3.05, 3.63) is 54.1 Å². The summed E-state index contributed by atoms with van der Waals surface area (Å²) in [6.07, 6.45) is -0.378. The zero-order valence-electron chi connectivity index (χ0n) is 14.8. The van der Waals surface area contributed by atoms with Gasteiger partial charge in [0.1, 0.15) is 11.0 Å². The Morgan fingerprint density at radius 1 is 1.10 bits per heavy atom. The molecule has 0 aromatic heterocycles. The van der Waals surface area contributed by atoms with Gasteiger partial charge in [-0.25, -0.2) is 0 Å². The lowest BCUT2D eigenvalue weighted by molar-refractivity contribution is -0.138. The number of nitrogens with zero attached hydrogens (tertiary/aromatic N) is 3. The molecule has 10 heteroatoms. The molecular weight excluding hydrogens is 396 g/mol. The highest BCUT2D eigenvalue weighted by atomic mass is 32.2. The molecule has 0 radical (unpaired) electrons. The summed E-state index contributed by atoms with van der Waals surface area (Å²) < 4.78 is 0. The number of nitrogens with one attached hydrogen (secondary N) is 1. The molecule has 146 valence electrons. The van der Waals surface area contributed by atoms with Gasteiger partial charge in [-0.15, -0.1) is 10.2 Å². The predicted molar refractivity (Wildman–Crippen MR) is 108 cm³/mol. The van der Waals surface area contributed by atoms with Gasteiger partial charge in [0.25, 0.3) is 5.91 Å². The summed E-state index contributed by atoms with van der Waals surface area (Å²) in [6, 6.07) is 12.8. The third-order valence-electron chi connectivity index (χ3n) is 4.28. The van der Waals surface area contributed by atoms with Gasteiger partial charge in [-0.2, -0.15) is 0 Å². The molecule has 0 aliphatic carbocycles. The van der Waals surface area contributed by atoms with Crippen molar-refractivity contribution in [2.45, 2.75) is 11.7 Å². The lowest BCUT2D eigenvalue weighted by atomic mass is 10.1. The van der Waals surface area contributed by atoms with E-state index < -0.39 is 23.0 Å². The molecule has 2 aromatic carbocycles. The van der Waals surface area contributed by atoms with E-state index in [0.29, 0.717) is 16.9 Å². The van der Waals surface area contributed by atoms with E-state index in [2.05, 4.69) is 15.5 Å². The van der Waals surface area contributed by atoms with Gasteiger partial charge in [-0.1, -0.05) is 30.0 Å².